The molecular weight excluding hydrogens is 332 g/mol. The number of nitrogens with zero attached hydrogens (tertiary/aromatic N) is 3. The van der Waals surface area contributed by atoms with Gasteiger partial charge in [-0.25, -0.2) is 8.42 Å². The number of carbonyl (C=O) groups excluding carboxylic acids is 1. The lowest BCUT2D eigenvalue weighted by atomic mass is 10.1. The van der Waals surface area contributed by atoms with Crippen LogP contribution < -0.4 is 5.32 Å². The molecule has 0 aliphatic carbocycles. The fourth-order valence-electron chi connectivity index (χ4n) is 2.72. The van der Waals surface area contributed by atoms with Crippen LogP contribution in [0.3, 0.4) is 0 Å². The molecule has 2 rings (SSSR count). The molecule has 0 atom stereocenters. The van der Waals surface area contributed by atoms with E-state index in [9.17, 15) is 13.2 Å². The number of rotatable bonds is 4. The first kappa shape index (κ1) is 18.9. The highest BCUT2D eigenvalue weighted by molar-refractivity contribution is 7.89. The number of aromatic nitrogens is 2. The highest BCUT2D eigenvalue weighted by atomic mass is 32.2. The smallest absolute Gasteiger partial charge is 0.246 e. The van der Waals surface area contributed by atoms with Crippen molar-refractivity contribution < 1.29 is 17.9 Å². The molecule has 1 fully saturated rings. The van der Waals surface area contributed by atoms with Crippen molar-refractivity contribution in [1.82, 2.24) is 19.4 Å². The zero-order valence-corrected chi connectivity index (χ0v) is 15.7. The summed E-state index contributed by atoms with van der Waals surface area (Å²) in [6, 6.07) is 0. The molecule has 9 heteroatoms. The third-order valence-corrected chi connectivity index (χ3v) is 5.84. The minimum absolute atomic E-state index is 0.0113. The van der Waals surface area contributed by atoms with Crippen molar-refractivity contribution in [3.63, 3.8) is 0 Å². The summed E-state index contributed by atoms with van der Waals surface area (Å²) in [7, 11) is -3.64. The van der Waals surface area contributed by atoms with Gasteiger partial charge in [-0.05, 0) is 34.6 Å². The van der Waals surface area contributed by atoms with Gasteiger partial charge in [0.25, 0.3) is 0 Å². The van der Waals surface area contributed by atoms with Gasteiger partial charge in [-0.2, -0.15) is 9.40 Å². The molecule has 0 radical (unpaired) electrons. The monoisotopic (exact) mass is 358 g/mol. The van der Waals surface area contributed by atoms with Gasteiger partial charge in [0.1, 0.15) is 11.4 Å². The van der Waals surface area contributed by atoms with Crippen molar-refractivity contribution in [2.24, 2.45) is 0 Å². The van der Waals surface area contributed by atoms with E-state index in [-0.39, 0.29) is 22.9 Å². The lowest BCUT2D eigenvalue weighted by molar-refractivity contribution is -0.123. The molecule has 2 heterocycles. The topological polar surface area (TPSA) is 93.5 Å². The van der Waals surface area contributed by atoms with E-state index in [4.69, 9.17) is 4.74 Å². The molecule has 1 saturated heterocycles. The van der Waals surface area contributed by atoms with Gasteiger partial charge in [0.05, 0.1) is 24.6 Å². The number of nitrogens with one attached hydrogen (secondary N) is 1. The molecule has 1 aromatic rings. The molecule has 0 saturated carbocycles. The predicted molar refractivity (Wildman–Crippen MR) is 89.2 cm³/mol. The van der Waals surface area contributed by atoms with Crippen molar-refractivity contribution in [3.8, 4) is 0 Å². The minimum atomic E-state index is -3.64. The summed E-state index contributed by atoms with van der Waals surface area (Å²) in [4.78, 5) is 12.3. The van der Waals surface area contributed by atoms with Crippen LogP contribution in [0.1, 0.15) is 32.2 Å². The SMILES string of the molecule is Cc1nn(CC(=O)NC(C)(C)C)c(C)c1S(=O)(=O)N1CCOCC1. The molecule has 136 valence electrons. The summed E-state index contributed by atoms with van der Waals surface area (Å²) < 4.78 is 33.8. The highest BCUT2D eigenvalue weighted by Crippen LogP contribution is 2.24. The van der Waals surface area contributed by atoms with Gasteiger partial charge < -0.3 is 10.1 Å². The number of amides is 1. The van der Waals surface area contributed by atoms with Crippen molar-refractivity contribution in [2.45, 2.75) is 51.6 Å². The van der Waals surface area contributed by atoms with Crippen LogP contribution in [0.5, 0.6) is 0 Å². The Hall–Kier alpha value is -1.45. The number of sulfonamides is 1. The van der Waals surface area contributed by atoms with E-state index >= 15 is 0 Å². The average Bonchev–Trinajstić information content (AvgIpc) is 2.72. The summed E-state index contributed by atoms with van der Waals surface area (Å²) >= 11 is 0. The Labute approximate surface area is 143 Å². The number of hydrogen-bond donors (Lipinski definition) is 1. The molecule has 1 aromatic heterocycles. The van der Waals surface area contributed by atoms with Crippen LogP contribution in [0.25, 0.3) is 0 Å². The fraction of sp³-hybridized carbons (Fsp3) is 0.733. The van der Waals surface area contributed by atoms with Gasteiger partial charge in [0.15, 0.2) is 0 Å². The fourth-order valence-corrected chi connectivity index (χ4v) is 4.50. The number of morpholine rings is 1. The van der Waals surface area contributed by atoms with Gasteiger partial charge >= 0.3 is 0 Å². The van der Waals surface area contributed by atoms with E-state index in [2.05, 4.69) is 10.4 Å². The normalized spacial score (nSPS) is 17.0. The van der Waals surface area contributed by atoms with Crippen LogP contribution in [-0.4, -0.2) is 60.3 Å². The van der Waals surface area contributed by atoms with Crippen LogP contribution in [0, 0.1) is 13.8 Å². The summed E-state index contributed by atoms with van der Waals surface area (Å²) in [6.07, 6.45) is 0. The Kier molecular flexibility index (Phi) is 5.36. The quantitative estimate of drug-likeness (QED) is 0.843. The molecule has 0 spiro atoms. The molecular formula is C15H26N4O4S. The maximum atomic E-state index is 12.9. The van der Waals surface area contributed by atoms with Gasteiger partial charge in [-0.15, -0.1) is 0 Å². The van der Waals surface area contributed by atoms with Crippen molar-refractivity contribution in [2.75, 3.05) is 26.3 Å². The molecule has 1 aliphatic rings. The Morgan fingerprint density at radius 1 is 1.25 bits per heavy atom. The lowest BCUT2D eigenvalue weighted by Crippen LogP contribution is -2.42. The van der Waals surface area contributed by atoms with Crippen LogP contribution in [0.4, 0.5) is 0 Å². The zero-order chi connectivity index (χ0) is 18.1. The molecule has 8 nitrogen and oxygen atoms in total. The van der Waals surface area contributed by atoms with Crippen LogP contribution >= 0.6 is 0 Å². The van der Waals surface area contributed by atoms with E-state index in [0.29, 0.717) is 37.7 Å². The van der Waals surface area contributed by atoms with E-state index in [1.807, 2.05) is 20.8 Å². The van der Waals surface area contributed by atoms with Gasteiger partial charge in [0, 0.05) is 18.6 Å². The second kappa shape index (κ2) is 6.81. The molecule has 0 bridgehead atoms. The van der Waals surface area contributed by atoms with Crippen molar-refractivity contribution >= 4 is 15.9 Å². The highest BCUT2D eigenvalue weighted by Gasteiger charge is 2.32. The molecule has 0 aromatic carbocycles. The third kappa shape index (κ3) is 4.14. The minimum Gasteiger partial charge on any atom is -0.379 e. The van der Waals surface area contributed by atoms with Crippen molar-refractivity contribution in [3.05, 3.63) is 11.4 Å². The van der Waals surface area contributed by atoms with E-state index in [0.717, 1.165) is 0 Å². The Bertz CT molecular complexity index is 713. The first-order chi connectivity index (χ1) is 11.0. The van der Waals surface area contributed by atoms with Crippen LogP contribution in [-0.2, 0) is 26.1 Å². The Morgan fingerprint density at radius 3 is 2.38 bits per heavy atom. The summed E-state index contributed by atoms with van der Waals surface area (Å²) in [5.74, 6) is -0.205. The predicted octanol–water partition coefficient (Wildman–Crippen LogP) is 0.436. The average molecular weight is 358 g/mol. The molecule has 0 unspecified atom stereocenters. The number of ether oxygens (including phenoxy) is 1. The van der Waals surface area contributed by atoms with E-state index in [1.54, 1.807) is 13.8 Å². The molecule has 24 heavy (non-hydrogen) atoms. The first-order valence-electron chi connectivity index (χ1n) is 7.95. The van der Waals surface area contributed by atoms with Crippen LogP contribution in [0.2, 0.25) is 0 Å². The molecule has 1 aliphatic heterocycles. The first-order valence-corrected chi connectivity index (χ1v) is 9.39. The van der Waals surface area contributed by atoms with Gasteiger partial charge in [0.2, 0.25) is 15.9 Å². The third-order valence-electron chi connectivity index (χ3n) is 3.69. The molecule has 1 amide bonds. The van der Waals surface area contributed by atoms with Gasteiger partial charge in [-0.3, -0.25) is 9.48 Å². The van der Waals surface area contributed by atoms with Crippen LogP contribution in [0.15, 0.2) is 4.90 Å². The second-order valence-electron chi connectivity index (χ2n) is 6.97. The van der Waals surface area contributed by atoms with E-state index < -0.39 is 10.0 Å². The van der Waals surface area contributed by atoms with Crippen molar-refractivity contribution in [1.29, 1.82) is 0 Å². The standard InChI is InChI=1S/C15H26N4O4S/c1-11-14(24(21,22)18-6-8-23-9-7-18)12(2)19(17-11)10-13(20)16-15(3,4)5/h6-10H2,1-5H3,(H,16,20). The van der Waals surface area contributed by atoms with E-state index in [1.165, 1.54) is 8.99 Å². The summed E-state index contributed by atoms with van der Waals surface area (Å²) in [6.45, 7) is 10.4. The Morgan fingerprint density at radius 2 is 1.83 bits per heavy atom. The largest absolute Gasteiger partial charge is 0.379 e. The number of aryl methyl sites for hydroxylation is 1. The summed E-state index contributed by atoms with van der Waals surface area (Å²) in [5, 5.41) is 7.11. The maximum absolute atomic E-state index is 12.9. The number of carbonyl (C=O) groups is 1. The van der Waals surface area contributed by atoms with Gasteiger partial charge in [-0.1, -0.05) is 0 Å². The second-order valence-corrected chi connectivity index (χ2v) is 8.85. The summed E-state index contributed by atoms with van der Waals surface area (Å²) in [5.41, 5.74) is 0.529. The maximum Gasteiger partial charge on any atom is 0.246 e. The molecule has 1 N–H and O–H groups in total. The number of hydrogen-bond acceptors (Lipinski definition) is 5. The Balaban J connectivity index is 2.27. The lowest BCUT2D eigenvalue weighted by Gasteiger charge is -2.26. The zero-order valence-electron chi connectivity index (χ0n) is 14.9.